The normalized spacial score (nSPS) is 11.2. The van der Waals surface area contributed by atoms with Crippen molar-refractivity contribution in [3.63, 3.8) is 0 Å². The Bertz CT molecular complexity index is 1540. The average molecular weight is 452 g/mol. The quantitative estimate of drug-likeness (QED) is 0.285. The first-order valence-corrected chi connectivity index (χ1v) is 9.81. The Morgan fingerprint density at radius 1 is 0.903 bits per heavy atom. The van der Waals surface area contributed by atoms with Gasteiger partial charge in [0.05, 0.1) is 10.6 Å². The van der Waals surface area contributed by atoms with E-state index in [0.29, 0.717) is 26.6 Å². The fraction of sp³-hybridized carbons (Fsp3) is 0. The molecule has 5 rings (SSSR count). The van der Waals surface area contributed by atoms with E-state index in [1.165, 1.54) is 12.1 Å². The van der Waals surface area contributed by atoms with Crippen LogP contribution in [0.2, 0.25) is 10.0 Å². The molecule has 0 bridgehead atoms. The number of nitrogens with zero attached hydrogens (tertiary/aromatic N) is 2. The maximum Gasteiger partial charge on any atom is 0.349 e. The highest BCUT2D eigenvalue weighted by atomic mass is 35.5. The number of rotatable bonds is 3. The van der Waals surface area contributed by atoms with Crippen LogP contribution in [0.3, 0.4) is 0 Å². The highest BCUT2D eigenvalue weighted by molar-refractivity contribution is 6.36. The third-order valence-electron chi connectivity index (χ3n) is 4.69. The van der Waals surface area contributed by atoms with Crippen molar-refractivity contribution < 1.29 is 13.6 Å². The summed E-state index contributed by atoms with van der Waals surface area (Å²) in [6.07, 6.45) is 0. The lowest BCUT2D eigenvalue weighted by Gasteiger charge is -2.05. The molecule has 9 heteroatoms. The summed E-state index contributed by atoms with van der Waals surface area (Å²) in [6, 6.07) is 17.2. The third kappa shape index (κ3) is 3.54. The van der Waals surface area contributed by atoms with Gasteiger partial charge in [0.1, 0.15) is 11.1 Å². The summed E-state index contributed by atoms with van der Waals surface area (Å²) in [7, 11) is 0. The fourth-order valence-corrected chi connectivity index (χ4v) is 3.73. The maximum atomic E-state index is 12.7. The molecule has 152 valence electrons. The summed E-state index contributed by atoms with van der Waals surface area (Å²) in [5, 5.41) is 13.3. The van der Waals surface area contributed by atoms with Crippen LogP contribution in [0.25, 0.3) is 33.2 Å². The first-order valence-electron chi connectivity index (χ1n) is 9.05. The molecule has 2 heterocycles. The van der Waals surface area contributed by atoms with Crippen molar-refractivity contribution >= 4 is 56.9 Å². The second kappa shape index (κ2) is 7.54. The van der Waals surface area contributed by atoms with Gasteiger partial charge in [0.25, 0.3) is 11.8 Å². The summed E-state index contributed by atoms with van der Waals surface area (Å²) >= 11 is 12.0. The molecule has 0 unspecified atom stereocenters. The second-order valence-corrected chi connectivity index (χ2v) is 7.48. The van der Waals surface area contributed by atoms with E-state index < -0.39 is 11.5 Å². The minimum atomic E-state index is -0.777. The number of aromatic nitrogens is 2. The lowest BCUT2D eigenvalue weighted by Crippen LogP contribution is -2.20. The monoisotopic (exact) mass is 451 g/mol. The predicted octanol–water partition coefficient (Wildman–Crippen LogP) is 5.56. The number of benzene rings is 3. The van der Waals surface area contributed by atoms with E-state index >= 15 is 0 Å². The van der Waals surface area contributed by atoms with Crippen LogP contribution in [0.5, 0.6) is 0 Å². The van der Waals surface area contributed by atoms with Crippen LogP contribution < -0.4 is 10.9 Å². The van der Waals surface area contributed by atoms with E-state index in [1.807, 2.05) is 30.3 Å². The van der Waals surface area contributed by atoms with Crippen molar-refractivity contribution in [2.75, 3.05) is 5.32 Å². The highest BCUT2D eigenvalue weighted by Gasteiger charge is 2.19. The Morgan fingerprint density at radius 3 is 2.58 bits per heavy atom. The molecule has 0 spiro atoms. The molecule has 5 aromatic rings. The Hall–Kier alpha value is -3.68. The molecule has 0 fully saturated rings. The van der Waals surface area contributed by atoms with Gasteiger partial charge in [-0.3, -0.25) is 10.1 Å². The molecule has 1 amide bonds. The maximum absolute atomic E-state index is 12.7. The number of amides is 1. The van der Waals surface area contributed by atoms with E-state index in [9.17, 15) is 9.59 Å². The zero-order chi connectivity index (χ0) is 21.5. The van der Waals surface area contributed by atoms with Gasteiger partial charge < -0.3 is 8.83 Å². The van der Waals surface area contributed by atoms with Crippen molar-refractivity contribution in [1.29, 1.82) is 0 Å². The van der Waals surface area contributed by atoms with Gasteiger partial charge >= 0.3 is 11.6 Å². The van der Waals surface area contributed by atoms with E-state index in [4.69, 9.17) is 32.0 Å². The Morgan fingerprint density at radius 2 is 1.74 bits per heavy atom. The van der Waals surface area contributed by atoms with Gasteiger partial charge in [0.2, 0.25) is 0 Å². The molecule has 0 atom stereocenters. The smallest absolute Gasteiger partial charge is 0.349 e. The van der Waals surface area contributed by atoms with Crippen LogP contribution in [-0.2, 0) is 0 Å². The topological polar surface area (TPSA) is 98.2 Å². The molecule has 31 heavy (non-hydrogen) atoms. The minimum Gasteiger partial charge on any atom is -0.422 e. The van der Waals surface area contributed by atoms with Gasteiger partial charge in [0, 0.05) is 10.4 Å². The van der Waals surface area contributed by atoms with Gasteiger partial charge in [0.15, 0.2) is 0 Å². The van der Waals surface area contributed by atoms with Crippen molar-refractivity contribution in [1.82, 2.24) is 10.2 Å². The predicted molar refractivity (Wildman–Crippen MR) is 118 cm³/mol. The van der Waals surface area contributed by atoms with Crippen molar-refractivity contribution in [2.45, 2.75) is 0 Å². The van der Waals surface area contributed by atoms with Crippen LogP contribution in [0.4, 0.5) is 6.01 Å². The van der Waals surface area contributed by atoms with Crippen LogP contribution in [0.1, 0.15) is 10.4 Å². The molecule has 3 aromatic carbocycles. The van der Waals surface area contributed by atoms with Gasteiger partial charge in [-0.2, -0.15) is 0 Å². The van der Waals surface area contributed by atoms with Gasteiger partial charge in [-0.25, -0.2) is 4.79 Å². The van der Waals surface area contributed by atoms with Crippen LogP contribution in [-0.4, -0.2) is 16.1 Å². The van der Waals surface area contributed by atoms with Crippen molar-refractivity contribution in [3.05, 3.63) is 86.7 Å². The highest BCUT2D eigenvalue weighted by Crippen LogP contribution is 2.30. The van der Waals surface area contributed by atoms with E-state index in [0.717, 1.165) is 10.8 Å². The lowest BCUT2D eigenvalue weighted by atomic mass is 10.0. The summed E-state index contributed by atoms with van der Waals surface area (Å²) < 4.78 is 10.8. The van der Waals surface area contributed by atoms with Crippen LogP contribution >= 0.6 is 23.2 Å². The number of nitrogens with one attached hydrogen (secondary N) is 1. The summed E-state index contributed by atoms with van der Waals surface area (Å²) in [6.45, 7) is 0. The number of anilines is 1. The molecular formula is C22H11Cl2N3O4. The van der Waals surface area contributed by atoms with E-state index in [-0.39, 0.29) is 17.5 Å². The molecule has 0 radical (unpaired) electrons. The zero-order valence-electron chi connectivity index (χ0n) is 15.6. The first-order chi connectivity index (χ1) is 15.0. The van der Waals surface area contributed by atoms with Crippen LogP contribution in [0.15, 0.2) is 74.3 Å². The number of hydrogen-bond acceptors (Lipinski definition) is 6. The summed E-state index contributed by atoms with van der Waals surface area (Å²) in [5.74, 6) is -0.644. The number of hydrogen-bond donors (Lipinski definition) is 1. The Balaban J connectivity index is 1.49. The second-order valence-electron chi connectivity index (χ2n) is 6.64. The molecule has 0 saturated heterocycles. The summed E-state index contributed by atoms with van der Waals surface area (Å²) in [4.78, 5) is 25.1. The molecular weight excluding hydrogens is 441 g/mol. The molecule has 0 aliphatic heterocycles. The SMILES string of the molecule is O=C(Nc1nnc(-c2ccc(Cl)cc2Cl)o1)c1cc2c(ccc3ccccc32)oc1=O. The Kier molecular flexibility index (Phi) is 4.69. The number of halogens is 2. The molecule has 0 aliphatic carbocycles. The number of fused-ring (bicyclic) bond motifs is 3. The number of carbonyl (C=O) groups is 1. The number of carbonyl (C=O) groups excluding carboxylic acids is 1. The first kappa shape index (κ1) is 19.3. The molecule has 0 aliphatic rings. The van der Waals surface area contributed by atoms with Crippen molar-refractivity contribution in [3.8, 4) is 11.5 Å². The molecule has 0 saturated carbocycles. The largest absolute Gasteiger partial charge is 0.422 e. The summed E-state index contributed by atoms with van der Waals surface area (Å²) in [5.41, 5.74) is -0.123. The van der Waals surface area contributed by atoms with E-state index in [1.54, 1.807) is 18.2 Å². The zero-order valence-corrected chi connectivity index (χ0v) is 17.1. The fourth-order valence-electron chi connectivity index (χ4n) is 3.24. The Labute approximate surface area is 184 Å². The average Bonchev–Trinajstić information content (AvgIpc) is 3.21. The van der Waals surface area contributed by atoms with Gasteiger partial charge in [-0.05, 0) is 41.1 Å². The minimum absolute atomic E-state index is 0.0912. The van der Waals surface area contributed by atoms with E-state index in [2.05, 4.69) is 15.5 Å². The van der Waals surface area contributed by atoms with Crippen LogP contribution in [0, 0.1) is 0 Å². The third-order valence-corrected chi connectivity index (χ3v) is 5.24. The van der Waals surface area contributed by atoms with Gasteiger partial charge in [-0.15, -0.1) is 5.10 Å². The molecule has 2 aromatic heterocycles. The standard InChI is InChI=1S/C22H11Cl2N3O4/c23-12-6-7-14(17(24)9-12)20-26-27-22(31-20)25-19(28)16-10-15-13-4-2-1-3-11(13)5-8-18(15)30-21(16)29/h1-10H,(H,25,27,28). The van der Waals surface area contributed by atoms with Crippen molar-refractivity contribution in [2.24, 2.45) is 0 Å². The lowest BCUT2D eigenvalue weighted by molar-refractivity contribution is 0.102. The molecule has 1 N–H and O–H groups in total. The van der Waals surface area contributed by atoms with Gasteiger partial charge in [-0.1, -0.05) is 58.6 Å². The molecule has 7 nitrogen and oxygen atoms in total.